The summed E-state index contributed by atoms with van der Waals surface area (Å²) in [5.74, 6) is -0.222. The highest BCUT2D eigenvalue weighted by atomic mass is 32.1. The van der Waals surface area contributed by atoms with E-state index < -0.39 is 0 Å². The smallest absolute Gasteiger partial charge is 0.305 e. The van der Waals surface area contributed by atoms with E-state index in [0.717, 1.165) is 46.2 Å². The van der Waals surface area contributed by atoms with E-state index >= 15 is 0 Å². The number of methoxy groups -OCH3 is 1. The molecule has 0 bridgehead atoms. The topological polar surface area (TPSA) is 73.2 Å². The summed E-state index contributed by atoms with van der Waals surface area (Å²) in [4.78, 5) is 28.3. The van der Waals surface area contributed by atoms with Gasteiger partial charge in [-0.1, -0.05) is 30.3 Å². The fourth-order valence-electron chi connectivity index (χ4n) is 3.40. The second-order valence-electron chi connectivity index (χ2n) is 7.18. The monoisotopic (exact) mass is 425 g/mol. The summed E-state index contributed by atoms with van der Waals surface area (Å²) in [6.07, 6.45) is 1.41. The molecule has 0 radical (unpaired) electrons. The second kappa shape index (κ2) is 10.2. The van der Waals surface area contributed by atoms with Gasteiger partial charge in [0.25, 0.3) is 0 Å². The van der Waals surface area contributed by atoms with Crippen LogP contribution in [0.3, 0.4) is 0 Å². The Morgan fingerprint density at radius 3 is 2.70 bits per heavy atom. The van der Waals surface area contributed by atoms with E-state index in [4.69, 9.17) is 4.74 Å². The van der Waals surface area contributed by atoms with Gasteiger partial charge in [-0.15, -0.1) is 11.3 Å². The number of amides is 1. The molecule has 3 rings (SSSR count). The van der Waals surface area contributed by atoms with Gasteiger partial charge in [0.1, 0.15) is 5.01 Å². The number of benzene rings is 1. The van der Waals surface area contributed by atoms with Gasteiger partial charge >= 0.3 is 5.97 Å². The summed E-state index contributed by atoms with van der Waals surface area (Å²) in [7, 11) is 1.41. The molecule has 1 N–H and O–H groups in total. The van der Waals surface area contributed by atoms with Gasteiger partial charge in [-0.05, 0) is 31.9 Å². The molecule has 1 aromatic carbocycles. The minimum Gasteiger partial charge on any atom is -0.469 e. The fourth-order valence-corrected chi connectivity index (χ4v) is 4.19. The number of rotatable bonds is 9. The molecule has 2 heterocycles. The van der Waals surface area contributed by atoms with Crippen molar-refractivity contribution >= 4 is 23.2 Å². The summed E-state index contributed by atoms with van der Waals surface area (Å²) in [5, 5.41) is 5.74. The molecule has 0 aliphatic heterocycles. The SMILES string of the molecule is COC(=O)CCCn1c(C)cc(-c2csc(CC(=O)NCc3ccccc3)n2)c1C. The Morgan fingerprint density at radius 1 is 1.20 bits per heavy atom. The number of carbonyl (C=O) groups is 2. The highest BCUT2D eigenvalue weighted by Gasteiger charge is 2.15. The first-order valence-electron chi connectivity index (χ1n) is 9.97. The van der Waals surface area contributed by atoms with Gasteiger partial charge in [0.05, 0.1) is 19.2 Å². The molecule has 6 nitrogen and oxygen atoms in total. The van der Waals surface area contributed by atoms with Crippen molar-refractivity contribution in [3.8, 4) is 11.3 Å². The molecular formula is C23H27N3O3S. The lowest BCUT2D eigenvalue weighted by molar-refractivity contribution is -0.140. The van der Waals surface area contributed by atoms with Crippen molar-refractivity contribution in [3.63, 3.8) is 0 Å². The number of carbonyl (C=O) groups excluding carboxylic acids is 2. The lowest BCUT2D eigenvalue weighted by Gasteiger charge is -2.09. The Hall–Kier alpha value is -2.93. The third-order valence-electron chi connectivity index (χ3n) is 5.04. The molecule has 0 spiro atoms. The number of hydrogen-bond acceptors (Lipinski definition) is 5. The van der Waals surface area contributed by atoms with Crippen LogP contribution < -0.4 is 5.32 Å². The predicted molar refractivity (Wildman–Crippen MR) is 118 cm³/mol. The number of nitrogens with zero attached hydrogens (tertiary/aromatic N) is 2. The molecule has 0 aliphatic rings. The van der Waals surface area contributed by atoms with Crippen LogP contribution in [0, 0.1) is 13.8 Å². The molecule has 158 valence electrons. The molecule has 0 fully saturated rings. The number of thiazole rings is 1. The molecular weight excluding hydrogens is 398 g/mol. The zero-order valence-electron chi connectivity index (χ0n) is 17.6. The van der Waals surface area contributed by atoms with Crippen molar-refractivity contribution in [2.45, 2.75) is 46.2 Å². The van der Waals surface area contributed by atoms with E-state index in [0.29, 0.717) is 13.0 Å². The Morgan fingerprint density at radius 2 is 1.97 bits per heavy atom. The lowest BCUT2D eigenvalue weighted by Crippen LogP contribution is -2.24. The maximum Gasteiger partial charge on any atom is 0.305 e. The minimum atomic E-state index is -0.188. The number of esters is 1. The first kappa shape index (κ1) is 21.8. The maximum atomic E-state index is 12.3. The average molecular weight is 426 g/mol. The van der Waals surface area contributed by atoms with Crippen LogP contribution in [0.25, 0.3) is 11.3 Å². The Labute approximate surface area is 180 Å². The molecule has 0 saturated carbocycles. The van der Waals surface area contributed by atoms with Gasteiger partial charge in [-0.25, -0.2) is 4.98 Å². The highest BCUT2D eigenvalue weighted by Crippen LogP contribution is 2.28. The second-order valence-corrected chi connectivity index (χ2v) is 8.12. The van der Waals surface area contributed by atoms with E-state index in [1.165, 1.54) is 18.4 Å². The van der Waals surface area contributed by atoms with E-state index in [9.17, 15) is 9.59 Å². The van der Waals surface area contributed by atoms with E-state index in [1.807, 2.05) is 35.7 Å². The minimum absolute atomic E-state index is 0.0342. The number of aryl methyl sites for hydroxylation is 1. The van der Waals surface area contributed by atoms with Crippen LogP contribution in [0.2, 0.25) is 0 Å². The average Bonchev–Trinajstić information content (AvgIpc) is 3.32. The van der Waals surface area contributed by atoms with Crippen molar-refractivity contribution in [3.05, 3.63) is 63.7 Å². The Kier molecular flexibility index (Phi) is 7.41. The standard InChI is InChI=1S/C23H27N3O3S/c1-16-12-19(17(2)26(16)11-7-10-23(28)29-3)20-15-30-22(25-20)13-21(27)24-14-18-8-5-4-6-9-18/h4-6,8-9,12,15H,7,10-11,13-14H2,1-3H3,(H,24,27). The summed E-state index contributed by atoms with van der Waals surface area (Å²) >= 11 is 1.50. The van der Waals surface area contributed by atoms with Gasteiger partial charge in [0.15, 0.2) is 0 Å². The fraction of sp³-hybridized carbons (Fsp3) is 0.348. The van der Waals surface area contributed by atoms with Crippen LogP contribution in [-0.4, -0.2) is 28.5 Å². The number of nitrogens with one attached hydrogen (secondary N) is 1. The van der Waals surface area contributed by atoms with E-state index in [2.05, 4.69) is 34.8 Å². The first-order chi connectivity index (χ1) is 14.5. The van der Waals surface area contributed by atoms with Gasteiger partial charge < -0.3 is 14.6 Å². The molecule has 0 unspecified atom stereocenters. The van der Waals surface area contributed by atoms with Crippen molar-refractivity contribution in [2.75, 3.05) is 7.11 Å². The molecule has 0 saturated heterocycles. The third-order valence-corrected chi connectivity index (χ3v) is 5.88. The quantitative estimate of drug-likeness (QED) is 0.525. The number of aromatic nitrogens is 2. The first-order valence-corrected chi connectivity index (χ1v) is 10.8. The largest absolute Gasteiger partial charge is 0.469 e. The molecule has 2 aromatic heterocycles. The number of hydrogen-bond donors (Lipinski definition) is 1. The Balaban J connectivity index is 1.60. The van der Waals surface area contributed by atoms with Crippen LogP contribution in [0.15, 0.2) is 41.8 Å². The normalized spacial score (nSPS) is 10.8. The van der Waals surface area contributed by atoms with Crippen molar-refractivity contribution < 1.29 is 14.3 Å². The third kappa shape index (κ3) is 5.57. The van der Waals surface area contributed by atoms with Crippen LogP contribution in [-0.2, 0) is 33.8 Å². The lowest BCUT2D eigenvalue weighted by atomic mass is 10.2. The van der Waals surface area contributed by atoms with Crippen LogP contribution in [0.1, 0.15) is 34.8 Å². The Bertz CT molecular complexity index is 1010. The molecule has 1 amide bonds. The van der Waals surface area contributed by atoms with Gasteiger partial charge in [0, 0.05) is 41.8 Å². The molecule has 0 atom stereocenters. The maximum absolute atomic E-state index is 12.3. The van der Waals surface area contributed by atoms with Crippen LogP contribution >= 0.6 is 11.3 Å². The van der Waals surface area contributed by atoms with E-state index in [1.54, 1.807) is 0 Å². The van der Waals surface area contributed by atoms with Crippen molar-refractivity contribution in [1.29, 1.82) is 0 Å². The zero-order chi connectivity index (χ0) is 21.5. The zero-order valence-corrected chi connectivity index (χ0v) is 18.4. The van der Waals surface area contributed by atoms with Gasteiger partial charge in [0.2, 0.25) is 5.91 Å². The number of ether oxygens (including phenoxy) is 1. The van der Waals surface area contributed by atoms with Gasteiger partial charge in [-0.2, -0.15) is 0 Å². The molecule has 7 heteroatoms. The summed E-state index contributed by atoms with van der Waals surface area (Å²) < 4.78 is 6.91. The summed E-state index contributed by atoms with van der Waals surface area (Å²) in [6, 6.07) is 12.0. The predicted octanol–water partition coefficient (Wildman–Crippen LogP) is 4.04. The van der Waals surface area contributed by atoms with Crippen molar-refractivity contribution in [2.24, 2.45) is 0 Å². The molecule has 3 aromatic rings. The molecule has 0 aliphatic carbocycles. The highest BCUT2D eigenvalue weighted by molar-refractivity contribution is 7.10. The van der Waals surface area contributed by atoms with Crippen molar-refractivity contribution in [1.82, 2.24) is 14.9 Å². The van der Waals surface area contributed by atoms with Crippen LogP contribution in [0.5, 0.6) is 0 Å². The summed E-state index contributed by atoms with van der Waals surface area (Å²) in [5.41, 5.74) is 5.27. The van der Waals surface area contributed by atoms with Gasteiger partial charge in [-0.3, -0.25) is 9.59 Å². The van der Waals surface area contributed by atoms with Crippen LogP contribution in [0.4, 0.5) is 0 Å². The van der Waals surface area contributed by atoms with E-state index in [-0.39, 0.29) is 18.3 Å². The summed E-state index contributed by atoms with van der Waals surface area (Å²) in [6.45, 7) is 5.39. The molecule has 30 heavy (non-hydrogen) atoms.